The molecule has 1 N–H and O–H groups in total. The molecule has 0 radical (unpaired) electrons. The van der Waals surface area contributed by atoms with Gasteiger partial charge >= 0.3 is 47.8 Å². The van der Waals surface area contributed by atoms with E-state index in [1.807, 2.05) is 60.7 Å². The average Bonchev–Trinajstić information content (AvgIpc) is 3.34. The minimum Gasteiger partial charge on any atom is -0.507 e. The van der Waals surface area contributed by atoms with Crippen molar-refractivity contribution in [3.63, 3.8) is 0 Å². The molecule has 0 atom stereocenters. The molecule has 0 aliphatic carbocycles. The van der Waals surface area contributed by atoms with E-state index < -0.39 is 47.8 Å². The number of carbonyl (C=O) groups excluding carboxylic acids is 8. The van der Waals surface area contributed by atoms with Crippen molar-refractivity contribution in [2.45, 2.75) is 64.3 Å². The minimum absolute atomic E-state index is 0. The number of hydrogen-bond acceptors (Lipinski definition) is 19. The van der Waals surface area contributed by atoms with E-state index >= 15 is 0 Å². The molecule has 0 heterocycles. The molecule has 71 heavy (non-hydrogen) atoms. The largest absolute Gasteiger partial charge is 0.507 e. The summed E-state index contributed by atoms with van der Waals surface area (Å²) >= 11 is 2.87. The Morgan fingerprint density at radius 3 is 1.14 bits per heavy atom. The molecule has 0 amide bonds. The number of methoxy groups -OCH3 is 6. The van der Waals surface area contributed by atoms with E-state index in [1.165, 1.54) is 116 Å². The fourth-order valence-electron chi connectivity index (χ4n) is 6.02. The molecule has 0 unspecified atom stereocenters. The van der Waals surface area contributed by atoms with Crippen molar-refractivity contribution in [2.24, 2.45) is 0 Å². The second kappa shape index (κ2) is 31.5. The Hall–Kier alpha value is -7.64. The number of aromatic hydroxyl groups is 1. The van der Waals surface area contributed by atoms with Crippen molar-refractivity contribution >= 4 is 71.3 Å². The topological polar surface area (TPSA) is 231 Å². The van der Waals surface area contributed by atoms with Crippen molar-refractivity contribution < 1.29 is 81.4 Å². The van der Waals surface area contributed by atoms with Gasteiger partial charge in [-0.2, -0.15) is 0 Å². The lowest BCUT2D eigenvalue weighted by molar-refractivity contribution is -0.132. The molecule has 0 bridgehead atoms. The van der Waals surface area contributed by atoms with E-state index in [4.69, 9.17) is 28.4 Å². The first kappa shape index (κ1) is 63.4. The predicted molar refractivity (Wildman–Crippen MR) is 269 cm³/mol. The predicted octanol–water partition coefficient (Wildman–Crippen LogP) is 10.1. The summed E-state index contributed by atoms with van der Waals surface area (Å²) in [5.74, 6) is -4.53. The van der Waals surface area contributed by atoms with Gasteiger partial charge in [-0.05, 0) is 84.3 Å². The summed E-state index contributed by atoms with van der Waals surface area (Å²) in [5.41, 5.74) is 1.81. The van der Waals surface area contributed by atoms with Crippen LogP contribution in [0.4, 0.5) is 0 Å². The second-order valence-corrected chi connectivity index (χ2v) is 15.5. The summed E-state index contributed by atoms with van der Waals surface area (Å²) in [6, 6.07) is 27.4. The molecular formula is C52H60O17S2. The highest BCUT2D eigenvalue weighted by Crippen LogP contribution is 2.34. The Bertz CT molecular complexity index is 2630. The summed E-state index contributed by atoms with van der Waals surface area (Å²) in [6.07, 6.45) is 0. The lowest BCUT2D eigenvalue weighted by Gasteiger charge is -2.16. The maximum Gasteiger partial charge on any atom is 0.342 e. The minimum atomic E-state index is -0.698. The van der Waals surface area contributed by atoms with Crippen LogP contribution in [0.25, 0.3) is 0 Å². The maximum atomic E-state index is 12.3. The molecule has 0 aromatic heterocycles. The standard InChI is InChI=1S/C19H18O6S.C17H16O5S.C13H14O6.3CH4/c1-12(20)25-16-10-9-14(18(21)23-2)15(17(16)19(22)24-3)11-26-13-7-5-4-6-8-13;1-21-16(19)12-8-9-14(18)15(17(20)22-2)13(12)10-23-11-6-4-3-5-7-11;1-7-9(12(15)17-3)5-6-10(19-8(2)14)11(7)13(16)18-4;;;/h4-10H,11H2,1-3H3;3-9,18H,10H2,1-2H3;5-6H,1-4H3;3*1H4. The molecule has 19 heteroatoms. The number of phenolic OH excluding ortho intramolecular Hbond substituents is 1. The highest BCUT2D eigenvalue weighted by molar-refractivity contribution is 7.98. The molecule has 0 aliphatic heterocycles. The number of hydrogen-bond donors (Lipinski definition) is 1. The third-order valence-electron chi connectivity index (χ3n) is 9.14. The molecule has 382 valence electrons. The van der Waals surface area contributed by atoms with Crippen LogP contribution in [0.3, 0.4) is 0 Å². The first-order valence-electron chi connectivity index (χ1n) is 19.8. The summed E-state index contributed by atoms with van der Waals surface area (Å²) in [4.78, 5) is 96.0. The van der Waals surface area contributed by atoms with Gasteiger partial charge in [-0.25, -0.2) is 28.8 Å². The molecule has 0 saturated carbocycles. The van der Waals surface area contributed by atoms with E-state index in [0.717, 1.165) is 9.79 Å². The van der Waals surface area contributed by atoms with Crippen LogP contribution < -0.4 is 9.47 Å². The molecule has 17 nitrogen and oxygen atoms in total. The van der Waals surface area contributed by atoms with Crippen molar-refractivity contribution in [2.75, 3.05) is 42.7 Å². The van der Waals surface area contributed by atoms with Crippen LogP contribution in [0, 0.1) is 6.92 Å². The molecular weight excluding hydrogens is 961 g/mol. The summed E-state index contributed by atoms with van der Waals surface area (Å²) in [5, 5.41) is 10.0. The monoisotopic (exact) mass is 1020 g/mol. The Kier molecular flexibility index (Phi) is 28.1. The number of carbonyl (C=O) groups is 8. The average molecular weight is 1020 g/mol. The molecule has 0 saturated heterocycles. The number of rotatable bonds is 14. The first-order valence-corrected chi connectivity index (χ1v) is 21.8. The van der Waals surface area contributed by atoms with Gasteiger partial charge in [-0.15, -0.1) is 23.5 Å². The molecule has 0 fully saturated rings. The van der Waals surface area contributed by atoms with Crippen LogP contribution in [-0.2, 0) is 49.5 Å². The zero-order chi connectivity index (χ0) is 50.5. The highest BCUT2D eigenvalue weighted by Gasteiger charge is 2.27. The van der Waals surface area contributed by atoms with Gasteiger partial charge < -0.3 is 43.0 Å². The third kappa shape index (κ3) is 17.7. The van der Waals surface area contributed by atoms with Gasteiger partial charge in [0.1, 0.15) is 33.9 Å². The molecule has 5 aromatic rings. The molecule has 5 rings (SSSR count). The normalized spacial score (nSPS) is 9.59. The van der Waals surface area contributed by atoms with E-state index in [2.05, 4.69) is 9.47 Å². The lowest BCUT2D eigenvalue weighted by atomic mass is 10.0. The van der Waals surface area contributed by atoms with Gasteiger partial charge in [0, 0.05) is 35.1 Å². The van der Waals surface area contributed by atoms with Crippen LogP contribution in [-0.4, -0.2) is 95.5 Å². The third-order valence-corrected chi connectivity index (χ3v) is 11.2. The van der Waals surface area contributed by atoms with Crippen LogP contribution in [0.2, 0.25) is 0 Å². The Balaban J connectivity index is 0.00000103. The summed E-state index contributed by atoms with van der Waals surface area (Å²) < 4.78 is 38.4. The van der Waals surface area contributed by atoms with Crippen LogP contribution >= 0.6 is 23.5 Å². The number of benzene rings is 5. The van der Waals surface area contributed by atoms with E-state index in [-0.39, 0.29) is 78.7 Å². The quantitative estimate of drug-likeness (QED) is 0.0472. The molecule has 0 aliphatic rings. The van der Waals surface area contributed by atoms with Crippen LogP contribution in [0.1, 0.15) is 115 Å². The lowest BCUT2D eigenvalue weighted by Crippen LogP contribution is -2.15. The zero-order valence-electron chi connectivity index (χ0n) is 38.4. The number of ether oxygens (including phenoxy) is 8. The second-order valence-electron chi connectivity index (χ2n) is 13.4. The van der Waals surface area contributed by atoms with Crippen molar-refractivity contribution in [3.05, 3.63) is 147 Å². The van der Waals surface area contributed by atoms with Crippen molar-refractivity contribution in [1.29, 1.82) is 0 Å². The smallest absolute Gasteiger partial charge is 0.342 e. The van der Waals surface area contributed by atoms with Crippen LogP contribution in [0.5, 0.6) is 17.2 Å². The van der Waals surface area contributed by atoms with Gasteiger partial charge in [0.15, 0.2) is 0 Å². The molecule has 5 aromatic carbocycles. The Morgan fingerprint density at radius 1 is 0.423 bits per heavy atom. The Morgan fingerprint density at radius 2 is 0.746 bits per heavy atom. The fourth-order valence-corrected chi connectivity index (χ4v) is 7.94. The van der Waals surface area contributed by atoms with Crippen molar-refractivity contribution in [3.8, 4) is 17.2 Å². The van der Waals surface area contributed by atoms with Gasteiger partial charge in [0.05, 0.1) is 59.3 Å². The van der Waals surface area contributed by atoms with Crippen LogP contribution in [0.15, 0.2) is 107 Å². The Labute approximate surface area is 422 Å². The van der Waals surface area contributed by atoms with Gasteiger partial charge in [-0.1, -0.05) is 58.7 Å². The van der Waals surface area contributed by atoms with E-state index in [9.17, 15) is 43.5 Å². The highest BCUT2D eigenvalue weighted by atomic mass is 32.2. The molecule has 0 spiro atoms. The number of esters is 8. The van der Waals surface area contributed by atoms with Gasteiger partial charge in [0.25, 0.3) is 0 Å². The van der Waals surface area contributed by atoms with E-state index in [1.54, 1.807) is 6.92 Å². The zero-order valence-corrected chi connectivity index (χ0v) is 40.1. The fraction of sp³-hybridized carbons (Fsp3) is 0.269. The van der Waals surface area contributed by atoms with E-state index in [0.29, 0.717) is 22.4 Å². The first-order chi connectivity index (χ1) is 32.5. The van der Waals surface area contributed by atoms with Gasteiger partial charge in [0.2, 0.25) is 0 Å². The summed E-state index contributed by atoms with van der Waals surface area (Å²) in [7, 11) is 7.40. The SMILES string of the molecule is C.C.C.COC(=O)c1ccc(O)c(C(=O)OC)c1CSc1ccccc1.COC(=O)c1ccc(OC(C)=O)c(C(=O)OC)c1C.COC(=O)c1ccc(OC(C)=O)c(C(=O)OC)c1CSc1ccccc1. The number of phenols is 1. The number of thioether (sulfide) groups is 2. The maximum absolute atomic E-state index is 12.3. The van der Waals surface area contributed by atoms with Gasteiger partial charge in [-0.3, -0.25) is 9.59 Å². The van der Waals surface area contributed by atoms with Crippen molar-refractivity contribution in [1.82, 2.24) is 0 Å². The summed E-state index contributed by atoms with van der Waals surface area (Å²) in [6.45, 7) is 3.99.